The van der Waals surface area contributed by atoms with Crippen LogP contribution in [0.25, 0.3) is 0 Å². The van der Waals surface area contributed by atoms with E-state index < -0.39 is 12.1 Å². The predicted octanol–water partition coefficient (Wildman–Crippen LogP) is 3.15. The Morgan fingerprint density at radius 2 is 2.07 bits per heavy atom. The normalized spacial score (nSPS) is 15.0. The Bertz CT molecular complexity index is 330. The zero-order chi connectivity index (χ0) is 11.4. The Morgan fingerprint density at radius 3 is 2.60 bits per heavy atom. The quantitative estimate of drug-likeness (QED) is 0.859. The lowest BCUT2D eigenvalue weighted by Gasteiger charge is -2.19. The van der Waals surface area contributed by atoms with Gasteiger partial charge in [0.2, 0.25) is 0 Å². The van der Waals surface area contributed by atoms with E-state index in [1.165, 1.54) is 0 Å². The highest BCUT2D eigenvalue weighted by molar-refractivity contribution is 6.35. The van der Waals surface area contributed by atoms with E-state index in [0.29, 0.717) is 16.5 Å². The molecule has 0 amide bonds. The topological polar surface area (TPSA) is 46.2 Å². The van der Waals surface area contributed by atoms with Crippen molar-refractivity contribution in [2.24, 2.45) is 5.73 Å². The van der Waals surface area contributed by atoms with Crippen LogP contribution >= 0.6 is 23.2 Å². The summed E-state index contributed by atoms with van der Waals surface area (Å²) in [6.07, 6.45) is 0.994. The summed E-state index contributed by atoms with van der Waals surface area (Å²) in [4.78, 5) is 0. The van der Waals surface area contributed by atoms with Gasteiger partial charge in [-0.15, -0.1) is 0 Å². The van der Waals surface area contributed by atoms with Gasteiger partial charge in [0.15, 0.2) is 0 Å². The molecule has 0 heterocycles. The van der Waals surface area contributed by atoms with Crippen LogP contribution in [0, 0.1) is 0 Å². The molecule has 2 atom stereocenters. The highest BCUT2D eigenvalue weighted by atomic mass is 35.5. The van der Waals surface area contributed by atoms with Gasteiger partial charge in [-0.2, -0.15) is 0 Å². The molecule has 0 unspecified atom stereocenters. The molecule has 0 bridgehead atoms. The number of halogens is 2. The number of aliphatic hydroxyl groups excluding tert-OH is 1. The van der Waals surface area contributed by atoms with Gasteiger partial charge in [-0.05, 0) is 24.1 Å². The molecule has 0 aliphatic heterocycles. The molecule has 0 fully saturated rings. The van der Waals surface area contributed by atoms with Gasteiger partial charge in [0.05, 0.1) is 12.1 Å². The van der Waals surface area contributed by atoms with E-state index in [2.05, 4.69) is 0 Å². The van der Waals surface area contributed by atoms with Gasteiger partial charge < -0.3 is 10.8 Å². The smallest absolute Gasteiger partial charge is 0.0733 e. The largest absolute Gasteiger partial charge is 0.391 e. The highest BCUT2D eigenvalue weighted by Crippen LogP contribution is 2.27. The van der Waals surface area contributed by atoms with Crippen LogP contribution in [0.4, 0.5) is 0 Å². The first-order valence-corrected chi connectivity index (χ1v) is 5.70. The molecule has 0 aliphatic carbocycles. The molecule has 1 rings (SSSR count). The van der Waals surface area contributed by atoms with Gasteiger partial charge in [0.25, 0.3) is 0 Å². The van der Waals surface area contributed by atoms with E-state index in [1.54, 1.807) is 18.2 Å². The van der Waals surface area contributed by atoms with Crippen molar-refractivity contribution in [3.8, 4) is 0 Å². The minimum Gasteiger partial charge on any atom is -0.391 e. The fourth-order valence-corrected chi connectivity index (χ4v) is 1.99. The molecule has 0 aliphatic rings. The molecule has 4 heteroatoms. The van der Waals surface area contributed by atoms with Crippen LogP contribution in [0.5, 0.6) is 0 Å². The summed E-state index contributed by atoms with van der Waals surface area (Å²) in [5.41, 5.74) is 6.64. The van der Waals surface area contributed by atoms with Crippen LogP contribution in [0.2, 0.25) is 10.0 Å². The summed E-state index contributed by atoms with van der Waals surface area (Å²) in [7, 11) is 0. The fourth-order valence-electron chi connectivity index (χ4n) is 1.45. The zero-order valence-electron chi connectivity index (χ0n) is 8.58. The number of hydrogen-bond acceptors (Lipinski definition) is 2. The number of hydrogen-bond donors (Lipinski definition) is 2. The third-order valence-corrected chi connectivity index (χ3v) is 2.88. The van der Waals surface area contributed by atoms with Gasteiger partial charge in [0, 0.05) is 10.0 Å². The monoisotopic (exact) mass is 247 g/mol. The van der Waals surface area contributed by atoms with E-state index >= 15 is 0 Å². The number of benzene rings is 1. The Morgan fingerprint density at radius 1 is 1.40 bits per heavy atom. The Labute approximate surface area is 100.0 Å². The first kappa shape index (κ1) is 12.8. The van der Waals surface area contributed by atoms with Gasteiger partial charge in [-0.3, -0.25) is 0 Å². The van der Waals surface area contributed by atoms with E-state index in [0.717, 1.165) is 12.0 Å². The van der Waals surface area contributed by atoms with Crippen LogP contribution in [0.15, 0.2) is 18.2 Å². The van der Waals surface area contributed by atoms with Crippen LogP contribution in [-0.4, -0.2) is 11.2 Å². The molecule has 0 saturated heterocycles. The van der Waals surface area contributed by atoms with E-state index in [9.17, 15) is 5.11 Å². The molecule has 0 aromatic heterocycles. The maximum absolute atomic E-state index is 9.75. The van der Waals surface area contributed by atoms with Crippen molar-refractivity contribution in [3.05, 3.63) is 33.8 Å². The molecular weight excluding hydrogens is 233 g/mol. The molecule has 2 nitrogen and oxygen atoms in total. The van der Waals surface area contributed by atoms with Crippen molar-refractivity contribution in [1.82, 2.24) is 0 Å². The third-order valence-electron chi connectivity index (χ3n) is 2.32. The summed E-state index contributed by atoms with van der Waals surface area (Å²) in [6.45, 7) is 2.00. The summed E-state index contributed by atoms with van der Waals surface area (Å²) < 4.78 is 0. The van der Waals surface area contributed by atoms with Crippen LogP contribution < -0.4 is 5.73 Å². The first-order valence-electron chi connectivity index (χ1n) is 4.94. The minimum absolute atomic E-state index is 0.449. The van der Waals surface area contributed by atoms with Crippen molar-refractivity contribution < 1.29 is 5.11 Å². The van der Waals surface area contributed by atoms with Gasteiger partial charge in [-0.1, -0.05) is 42.6 Å². The molecule has 15 heavy (non-hydrogen) atoms. The average molecular weight is 248 g/mol. The van der Waals surface area contributed by atoms with Crippen LogP contribution in [0.1, 0.15) is 31.4 Å². The molecule has 84 valence electrons. The van der Waals surface area contributed by atoms with Crippen molar-refractivity contribution in [1.29, 1.82) is 0 Å². The zero-order valence-corrected chi connectivity index (χ0v) is 10.1. The van der Waals surface area contributed by atoms with Crippen molar-refractivity contribution in [3.63, 3.8) is 0 Å². The Balaban J connectivity index is 2.86. The van der Waals surface area contributed by atoms with E-state index in [4.69, 9.17) is 28.9 Å². The lowest BCUT2D eigenvalue weighted by molar-refractivity contribution is 0.134. The Kier molecular flexibility index (Phi) is 4.87. The molecule has 0 radical (unpaired) electrons. The van der Waals surface area contributed by atoms with Crippen LogP contribution in [0.3, 0.4) is 0 Å². The summed E-state index contributed by atoms with van der Waals surface area (Å²) in [6, 6.07) is 4.67. The molecule has 3 N–H and O–H groups in total. The Hall–Kier alpha value is -0.280. The maximum Gasteiger partial charge on any atom is 0.0733 e. The second-order valence-corrected chi connectivity index (χ2v) is 4.39. The number of rotatable bonds is 4. The molecule has 0 spiro atoms. The van der Waals surface area contributed by atoms with Crippen molar-refractivity contribution in [2.45, 2.75) is 31.9 Å². The fraction of sp³-hybridized carbons (Fsp3) is 0.455. The molecule has 1 aromatic carbocycles. The highest BCUT2D eigenvalue weighted by Gasteiger charge is 2.18. The summed E-state index contributed by atoms with van der Waals surface area (Å²) >= 11 is 11.8. The second-order valence-electron chi connectivity index (χ2n) is 3.55. The average Bonchev–Trinajstić information content (AvgIpc) is 2.17. The van der Waals surface area contributed by atoms with E-state index in [1.807, 2.05) is 6.92 Å². The lowest BCUT2D eigenvalue weighted by atomic mass is 9.99. The SMILES string of the molecule is CCC[C@H](O)[C@H](N)c1ccc(Cl)cc1Cl. The van der Waals surface area contributed by atoms with E-state index in [-0.39, 0.29) is 0 Å². The van der Waals surface area contributed by atoms with Gasteiger partial charge in [0.1, 0.15) is 0 Å². The second kappa shape index (κ2) is 5.71. The lowest BCUT2D eigenvalue weighted by Crippen LogP contribution is -2.26. The number of aliphatic hydroxyl groups is 1. The molecule has 1 aromatic rings. The third kappa shape index (κ3) is 3.35. The maximum atomic E-state index is 9.75. The number of nitrogens with two attached hydrogens (primary N) is 1. The standard InChI is InChI=1S/C11H15Cl2NO/c1-2-3-10(15)11(14)8-5-4-7(12)6-9(8)13/h4-6,10-11,15H,2-3,14H2,1H3/t10-,11+/m0/s1. The van der Waals surface area contributed by atoms with Gasteiger partial charge >= 0.3 is 0 Å². The van der Waals surface area contributed by atoms with Gasteiger partial charge in [-0.25, -0.2) is 0 Å². The summed E-state index contributed by atoms with van der Waals surface area (Å²) in [5.74, 6) is 0. The van der Waals surface area contributed by atoms with Crippen molar-refractivity contribution in [2.75, 3.05) is 0 Å². The first-order chi connectivity index (χ1) is 7.06. The van der Waals surface area contributed by atoms with Crippen LogP contribution in [-0.2, 0) is 0 Å². The minimum atomic E-state index is -0.561. The summed E-state index contributed by atoms with van der Waals surface area (Å²) in [5, 5.41) is 10.8. The molecule has 0 saturated carbocycles. The predicted molar refractivity (Wildman–Crippen MR) is 64.3 cm³/mol. The van der Waals surface area contributed by atoms with Crippen molar-refractivity contribution >= 4 is 23.2 Å². The molecular formula is C11H15Cl2NO.